The van der Waals surface area contributed by atoms with Gasteiger partial charge in [0.05, 0.1) is 0 Å². The number of rotatable bonds is 18. The van der Waals surface area contributed by atoms with Gasteiger partial charge in [0, 0.05) is 67.7 Å². The van der Waals surface area contributed by atoms with Crippen LogP contribution in [0, 0.1) is 5.92 Å². The summed E-state index contributed by atoms with van der Waals surface area (Å²) >= 11 is 0. The molecular formula is C18H37F2NO8Si2. The van der Waals surface area contributed by atoms with Crippen molar-refractivity contribution in [2.45, 2.75) is 50.6 Å². The molecule has 1 amide bonds. The molecule has 0 aromatic carbocycles. The van der Waals surface area contributed by atoms with E-state index in [-0.39, 0.29) is 19.4 Å². The number of hydrogen-bond donors (Lipinski definition) is 1. The summed E-state index contributed by atoms with van der Waals surface area (Å²) in [6.07, 6.45) is 0.708. The minimum atomic E-state index is -3.76. The van der Waals surface area contributed by atoms with Crippen molar-refractivity contribution in [1.82, 2.24) is 5.32 Å². The summed E-state index contributed by atoms with van der Waals surface area (Å²) in [5.41, 5.74) is 0. The number of nitrogens with one attached hydrogen (secondary N) is 1. The maximum absolute atomic E-state index is 14.5. The molecule has 0 aromatic heterocycles. The Morgan fingerprint density at radius 2 is 1.23 bits per heavy atom. The van der Waals surface area contributed by atoms with Crippen LogP contribution in [0.2, 0.25) is 12.1 Å². The van der Waals surface area contributed by atoms with Gasteiger partial charge < -0.3 is 31.9 Å². The Labute approximate surface area is 185 Å². The van der Waals surface area contributed by atoms with Crippen LogP contribution in [0.15, 0.2) is 0 Å². The van der Waals surface area contributed by atoms with Gasteiger partial charge in [-0.05, 0) is 26.2 Å². The second-order valence-electron chi connectivity index (χ2n) is 6.96. The smallest absolute Gasteiger partial charge is 0.377 e. The zero-order valence-electron chi connectivity index (χ0n) is 19.5. The molecule has 0 bridgehead atoms. The molecule has 31 heavy (non-hydrogen) atoms. The number of amides is 1. The van der Waals surface area contributed by atoms with Gasteiger partial charge in [-0.25, -0.2) is 0 Å². The first-order valence-corrected chi connectivity index (χ1v) is 13.9. The van der Waals surface area contributed by atoms with Crippen LogP contribution in [0.5, 0.6) is 0 Å². The van der Waals surface area contributed by atoms with Gasteiger partial charge >= 0.3 is 23.5 Å². The average molecular weight is 490 g/mol. The molecule has 0 saturated heterocycles. The molecule has 1 unspecified atom stereocenters. The second-order valence-corrected chi connectivity index (χ2v) is 13.1. The summed E-state index contributed by atoms with van der Waals surface area (Å²) in [6.45, 7) is 1.18. The zero-order valence-corrected chi connectivity index (χ0v) is 21.5. The molecule has 9 nitrogen and oxygen atoms in total. The third-order valence-electron chi connectivity index (χ3n) is 5.27. The molecular weight excluding hydrogens is 452 g/mol. The van der Waals surface area contributed by atoms with Crippen LogP contribution in [0.1, 0.15) is 32.6 Å². The van der Waals surface area contributed by atoms with Gasteiger partial charge in [0.15, 0.2) is 0 Å². The third kappa shape index (κ3) is 8.92. The monoisotopic (exact) mass is 489 g/mol. The summed E-state index contributed by atoms with van der Waals surface area (Å²) in [6, 6.07) is 0.816. The van der Waals surface area contributed by atoms with Gasteiger partial charge in [-0.3, -0.25) is 9.59 Å². The highest BCUT2D eigenvalue weighted by atomic mass is 28.4. The maximum atomic E-state index is 14.5. The van der Waals surface area contributed by atoms with Gasteiger partial charge in [0.2, 0.25) is 11.7 Å². The highest BCUT2D eigenvalue weighted by Crippen LogP contribution is 2.28. The second kappa shape index (κ2) is 14.4. The topological polar surface area (TPSA) is 102 Å². The molecule has 0 saturated carbocycles. The zero-order chi connectivity index (χ0) is 24.1. The Balaban J connectivity index is 4.54. The number of Topliss-reactive ketones (excluding diaryl/α,β-unsaturated/α-hetero) is 1. The van der Waals surface area contributed by atoms with Crippen molar-refractivity contribution in [1.29, 1.82) is 0 Å². The average Bonchev–Trinajstić information content (AvgIpc) is 2.79. The van der Waals surface area contributed by atoms with Crippen LogP contribution in [-0.4, -0.2) is 84.4 Å². The fraction of sp³-hybridized carbons (Fsp3) is 0.889. The Morgan fingerprint density at radius 3 is 1.65 bits per heavy atom. The van der Waals surface area contributed by atoms with Crippen molar-refractivity contribution in [3.05, 3.63) is 0 Å². The maximum Gasteiger partial charge on any atom is 0.500 e. The van der Waals surface area contributed by atoms with Crippen LogP contribution in [-0.2, 0) is 36.1 Å². The van der Waals surface area contributed by atoms with E-state index in [0.29, 0.717) is 24.9 Å². The Kier molecular flexibility index (Phi) is 14.0. The van der Waals surface area contributed by atoms with E-state index >= 15 is 0 Å². The molecule has 0 fully saturated rings. The highest BCUT2D eigenvalue weighted by molar-refractivity contribution is 6.60. The molecule has 1 atom stereocenters. The molecule has 0 rings (SSSR count). The van der Waals surface area contributed by atoms with E-state index in [0.717, 1.165) is 6.92 Å². The van der Waals surface area contributed by atoms with Crippen molar-refractivity contribution >= 4 is 29.3 Å². The van der Waals surface area contributed by atoms with E-state index in [2.05, 4.69) is 5.32 Å². The number of halogens is 2. The number of ketones is 1. The standard InChI is InChI=1S/C18H37F2NO8Si2/c1-15(17(23)21-12-10-14-31(27-5,28-6)29-7)18(19,20)16(22)11-8-9-13-30(24-2,25-3)26-4/h15H,8-14H2,1-7H3,(H,21,23). The van der Waals surface area contributed by atoms with E-state index in [1.807, 2.05) is 0 Å². The summed E-state index contributed by atoms with van der Waals surface area (Å²) < 4.78 is 60.5. The number of carbonyl (C=O) groups is 2. The highest BCUT2D eigenvalue weighted by Gasteiger charge is 2.47. The molecule has 0 radical (unpaired) electrons. The first kappa shape index (κ1) is 30.2. The Morgan fingerprint density at radius 1 is 0.806 bits per heavy atom. The third-order valence-corrected chi connectivity index (χ3v) is 10.9. The fourth-order valence-corrected chi connectivity index (χ4v) is 6.50. The lowest BCUT2D eigenvalue weighted by Crippen LogP contribution is -2.46. The molecule has 0 spiro atoms. The van der Waals surface area contributed by atoms with Gasteiger partial charge in [0.1, 0.15) is 5.92 Å². The lowest BCUT2D eigenvalue weighted by Gasteiger charge is -2.25. The number of alkyl halides is 2. The van der Waals surface area contributed by atoms with Gasteiger partial charge in [-0.2, -0.15) is 8.78 Å². The predicted octanol–water partition coefficient (Wildman–Crippen LogP) is 2.26. The first-order valence-electron chi connectivity index (χ1n) is 10.0. The van der Waals surface area contributed by atoms with Crippen LogP contribution < -0.4 is 5.32 Å². The van der Waals surface area contributed by atoms with Crippen molar-refractivity contribution < 1.29 is 44.9 Å². The summed E-state index contributed by atoms with van der Waals surface area (Å²) in [5, 5.41) is 2.44. The SMILES string of the molecule is CO[Si](CCCCC(=O)C(F)(F)C(C)C(=O)NCCC[Si](OC)(OC)OC)(OC)OC. The van der Waals surface area contributed by atoms with Gasteiger partial charge in [-0.1, -0.05) is 0 Å². The van der Waals surface area contributed by atoms with Crippen LogP contribution in [0.25, 0.3) is 0 Å². The fourth-order valence-electron chi connectivity index (χ4n) is 2.98. The largest absolute Gasteiger partial charge is 0.500 e. The number of hydrogen-bond acceptors (Lipinski definition) is 8. The molecule has 0 aromatic rings. The van der Waals surface area contributed by atoms with Crippen molar-refractivity contribution in [3.8, 4) is 0 Å². The minimum absolute atomic E-state index is 0.135. The van der Waals surface area contributed by atoms with Gasteiger partial charge in [-0.15, -0.1) is 0 Å². The molecule has 0 aliphatic carbocycles. The molecule has 0 aliphatic heterocycles. The van der Waals surface area contributed by atoms with E-state index < -0.39 is 41.1 Å². The molecule has 1 N–H and O–H groups in total. The molecule has 184 valence electrons. The Bertz CT molecular complexity index is 532. The van der Waals surface area contributed by atoms with Gasteiger partial charge in [0.25, 0.3) is 0 Å². The summed E-state index contributed by atoms with van der Waals surface area (Å²) in [7, 11) is 3.18. The summed E-state index contributed by atoms with van der Waals surface area (Å²) in [5.74, 6) is -7.69. The van der Waals surface area contributed by atoms with E-state index in [9.17, 15) is 18.4 Å². The molecule has 0 heterocycles. The first-order chi connectivity index (χ1) is 14.5. The van der Waals surface area contributed by atoms with Crippen molar-refractivity contribution in [2.75, 3.05) is 49.2 Å². The number of unbranched alkanes of at least 4 members (excludes halogenated alkanes) is 1. The van der Waals surface area contributed by atoms with Crippen molar-refractivity contribution in [2.24, 2.45) is 5.92 Å². The number of carbonyl (C=O) groups excluding carboxylic acids is 2. The van der Waals surface area contributed by atoms with E-state index in [1.54, 1.807) is 0 Å². The van der Waals surface area contributed by atoms with Crippen molar-refractivity contribution in [3.63, 3.8) is 0 Å². The lowest BCUT2D eigenvalue weighted by molar-refractivity contribution is -0.157. The summed E-state index contributed by atoms with van der Waals surface area (Å²) in [4.78, 5) is 24.2. The Hall–Kier alpha value is -0.806. The van der Waals surface area contributed by atoms with E-state index in [1.165, 1.54) is 42.7 Å². The van der Waals surface area contributed by atoms with Crippen LogP contribution >= 0.6 is 0 Å². The quantitative estimate of drug-likeness (QED) is 0.231. The molecule has 13 heteroatoms. The minimum Gasteiger partial charge on any atom is -0.377 e. The van der Waals surface area contributed by atoms with Crippen LogP contribution in [0.4, 0.5) is 8.78 Å². The van der Waals surface area contributed by atoms with Crippen LogP contribution in [0.3, 0.4) is 0 Å². The van der Waals surface area contributed by atoms with E-state index in [4.69, 9.17) is 26.6 Å². The predicted molar refractivity (Wildman–Crippen MR) is 114 cm³/mol. The molecule has 0 aliphatic rings. The lowest BCUT2D eigenvalue weighted by atomic mass is 9.95. The normalized spacial score (nSPS) is 13.8.